The van der Waals surface area contributed by atoms with Crippen LogP contribution in [0.2, 0.25) is 0 Å². The Balaban J connectivity index is 1.94. The molecule has 2 unspecified atom stereocenters. The Bertz CT molecular complexity index is 201. The molecular formula is C11H18N2. The van der Waals surface area contributed by atoms with Gasteiger partial charge in [0.05, 0.1) is 12.0 Å². The van der Waals surface area contributed by atoms with Gasteiger partial charge in [-0.15, -0.1) is 0 Å². The average molecular weight is 178 g/mol. The van der Waals surface area contributed by atoms with Gasteiger partial charge in [-0.3, -0.25) is 4.90 Å². The summed E-state index contributed by atoms with van der Waals surface area (Å²) in [7, 11) is 0. The van der Waals surface area contributed by atoms with E-state index in [9.17, 15) is 0 Å². The third kappa shape index (κ3) is 1.86. The standard InChI is InChI=1S/C11H18N2/c12-9-10-5-4-6-11(10)13-7-2-1-3-8-13/h10-11H,1-8H2. The molecule has 13 heavy (non-hydrogen) atoms. The van der Waals surface area contributed by atoms with Crippen LogP contribution in [0.5, 0.6) is 0 Å². The van der Waals surface area contributed by atoms with Gasteiger partial charge in [-0.1, -0.05) is 12.8 Å². The molecule has 0 aromatic carbocycles. The highest BCUT2D eigenvalue weighted by Crippen LogP contribution is 2.30. The topological polar surface area (TPSA) is 27.0 Å². The van der Waals surface area contributed by atoms with Gasteiger partial charge in [-0.2, -0.15) is 5.26 Å². The second kappa shape index (κ2) is 4.11. The first-order valence-corrected chi connectivity index (χ1v) is 5.55. The van der Waals surface area contributed by atoms with Gasteiger partial charge < -0.3 is 0 Å². The zero-order valence-corrected chi connectivity index (χ0v) is 8.21. The summed E-state index contributed by atoms with van der Waals surface area (Å²) in [4.78, 5) is 2.56. The minimum absolute atomic E-state index is 0.332. The monoisotopic (exact) mass is 178 g/mol. The zero-order valence-electron chi connectivity index (χ0n) is 8.21. The molecule has 0 radical (unpaired) electrons. The second-order valence-corrected chi connectivity index (χ2v) is 4.33. The van der Waals surface area contributed by atoms with Gasteiger partial charge in [0.1, 0.15) is 0 Å². The summed E-state index contributed by atoms with van der Waals surface area (Å²) < 4.78 is 0. The van der Waals surface area contributed by atoms with Crippen molar-refractivity contribution >= 4 is 0 Å². The third-order valence-electron chi connectivity index (χ3n) is 3.50. The minimum Gasteiger partial charge on any atom is -0.299 e. The van der Waals surface area contributed by atoms with Crippen LogP contribution in [0, 0.1) is 17.2 Å². The lowest BCUT2D eigenvalue weighted by Crippen LogP contribution is -2.40. The molecule has 2 atom stereocenters. The predicted molar refractivity (Wildman–Crippen MR) is 52.2 cm³/mol. The molecule has 0 amide bonds. The van der Waals surface area contributed by atoms with Crippen LogP contribution in [0.15, 0.2) is 0 Å². The maximum Gasteiger partial charge on any atom is 0.0672 e. The van der Waals surface area contributed by atoms with E-state index in [1.165, 1.54) is 45.2 Å². The normalized spacial score (nSPS) is 35.9. The molecule has 0 bridgehead atoms. The fraction of sp³-hybridized carbons (Fsp3) is 0.909. The Morgan fingerprint density at radius 2 is 1.77 bits per heavy atom. The van der Waals surface area contributed by atoms with Gasteiger partial charge in [0.25, 0.3) is 0 Å². The van der Waals surface area contributed by atoms with Crippen molar-refractivity contribution in [3.63, 3.8) is 0 Å². The molecule has 0 aromatic rings. The van der Waals surface area contributed by atoms with Crippen molar-refractivity contribution in [3.05, 3.63) is 0 Å². The number of piperidine rings is 1. The molecule has 2 rings (SSSR count). The van der Waals surface area contributed by atoms with Gasteiger partial charge in [-0.05, 0) is 38.8 Å². The van der Waals surface area contributed by atoms with E-state index in [2.05, 4.69) is 11.0 Å². The smallest absolute Gasteiger partial charge is 0.0672 e. The van der Waals surface area contributed by atoms with E-state index in [0.717, 1.165) is 6.42 Å². The number of rotatable bonds is 1. The highest BCUT2D eigenvalue weighted by Gasteiger charge is 2.32. The first-order valence-electron chi connectivity index (χ1n) is 5.55. The van der Waals surface area contributed by atoms with Crippen molar-refractivity contribution in [2.75, 3.05) is 13.1 Å². The summed E-state index contributed by atoms with van der Waals surface area (Å²) >= 11 is 0. The highest BCUT2D eigenvalue weighted by atomic mass is 15.2. The number of likely N-dealkylation sites (tertiary alicyclic amines) is 1. The SMILES string of the molecule is N#CC1CCCC1N1CCCCC1. The molecule has 72 valence electrons. The van der Waals surface area contributed by atoms with Crippen LogP contribution in [0.25, 0.3) is 0 Å². The second-order valence-electron chi connectivity index (χ2n) is 4.33. The third-order valence-corrected chi connectivity index (χ3v) is 3.50. The minimum atomic E-state index is 0.332. The van der Waals surface area contributed by atoms with Crippen molar-refractivity contribution in [3.8, 4) is 6.07 Å². The van der Waals surface area contributed by atoms with E-state index < -0.39 is 0 Å². The predicted octanol–water partition coefficient (Wildman–Crippen LogP) is 2.16. The Morgan fingerprint density at radius 3 is 2.46 bits per heavy atom. The van der Waals surface area contributed by atoms with E-state index in [0.29, 0.717) is 12.0 Å². The van der Waals surface area contributed by atoms with Gasteiger partial charge >= 0.3 is 0 Å². The molecular weight excluding hydrogens is 160 g/mol. The van der Waals surface area contributed by atoms with Crippen molar-refractivity contribution in [2.24, 2.45) is 5.92 Å². The Labute approximate surface area is 80.5 Å². The maximum absolute atomic E-state index is 8.99. The molecule has 2 fully saturated rings. The zero-order chi connectivity index (χ0) is 9.10. The molecule has 1 saturated carbocycles. The van der Waals surface area contributed by atoms with E-state index in [4.69, 9.17) is 5.26 Å². The quantitative estimate of drug-likeness (QED) is 0.615. The molecule has 0 aromatic heterocycles. The van der Waals surface area contributed by atoms with Crippen LogP contribution in [-0.4, -0.2) is 24.0 Å². The van der Waals surface area contributed by atoms with Crippen LogP contribution in [0.4, 0.5) is 0 Å². The lowest BCUT2D eigenvalue weighted by Gasteiger charge is -2.33. The fourth-order valence-electron chi connectivity index (χ4n) is 2.78. The fourth-order valence-corrected chi connectivity index (χ4v) is 2.78. The van der Waals surface area contributed by atoms with Crippen molar-refractivity contribution < 1.29 is 0 Å². The Morgan fingerprint density at radius 1 is 1.00 bits per heavy atom. The summed E-state index contributed by atoms with van der Waals surface area (Å²) in [6.07, 6.45) is 7.74. The lowest BCUT2D eigenvalue weighted by atomic mass is 10.0. The molecule has 0 N–H and O–H groups in total. The molecule has 0 spiro atoms. The summed E-state index contributed by atoms with van der Waals surface area (Å²) in [6.45, 7) is 2.48. The molecule has 1 aliphatic carbocycles. The van der Waals surface area contributed by atoms with Gasteiger partial charge in [0.15, 0.2) is 0 Å². The number of hydrogen-bond acceptors (Lipinski definition) is 2. The van der Waals surface area contributed by atoms with Crippen molar-refractivity contribution in [1.29, 1.82) is 5.26 Å². The largest absolute Gasteiger partial charge is 0.299 e. The summed E-state index contributed by atoms with van der Waals surface area (Å²) in [5.74, 6) is 0.332. The van der Waals surface area contributed by atoms with Gasteiger partial charge in [-0.25, -0.2) is 0 Å². The molecule has 2 heteroatoms. The summed E-state index contributed by atoms with van der Waals surface area (Å²) in [5, 5.41) is 8.99. The lowest BCUT2D eigenvalue weighted by molar-refractivity contribution is 0.148. The van der Waals surface area contributed by atoms with E-state index >= 15 is 0 Å². The first kappa shape index (κ1) is 9.02. The summed E-state index contributed by atoms with van der Waals surface area (Å²) in [6, 6.07) is 3.07. The molecule has 2 nitrogen and oxygen atoms in total. The molecule has 2 aliphatic rings. The van der Waals surface area contributed by atoms with Crippen molar-refractivity contribution in [1.82, 2.24) is 4.90 Å². The Hall–Kier alpha value is -0.550. The highest BCUT2D eigenvalue weighted by molar-refractivity contribution is 4.97. The van der Waals surface area contributed by atoms with Crippen LogP contribution in [0.1, 0.15) is 38.5 Å². The molecule has 1 heterocycles. The van der Waals surface area contributed by atoms with E-state index in [1.54, 1.807) is 0 Å². The Kier molecular flexibility index (Phi) is 2.85. The molecule has 1 aliphatic heterocycles. The number of hydrogen-bond donors (Lipinski definition) is 0. The van der Waals surface area contributed by atoms with E-state index in [1.807, 2.05) is 0 Å². The van der Waals surface area contributed by atoms with Crippen LogP contribution >= 0.6 is 0 Å². The average Bonchev–Trinajstić information content (AvgIpc) is 2.67. The van der Waals surface area contributed by atoms with E-state index in [-0.39, 0.29) is 0 Å². The van der Waals surface area contributed by atoms with Crippen LogP contribution in [-0.2, 0) is 0 Å². The van der Waals surface area contributed by atoms with Crippen molar-refractivity contribution in [2.45, 2.75) is 44.6 Å². The van der Waals surface area contributed by atoms with Gasteiger partial charge in [0, 0.05) is 6.04 Å². The van der Waals surface area contributed by atoms with Crippen LogP contribution < -0.4 is 0 Å². The van der Waals surface area contributed by atoms with Gasteiger partial charge in [0.2, 0.25) is 0 Å². The molecule has 1 saturated heterocycles. The number of nitriles is 1. The number of nitrogens with zero attached hydrogens (tertiary/aromatic N) is 2. The maximum atomic E-state index is 8.99. The summed E-state index contributed by atoms with van der Waals surface area (Å²) in [5.41, 5.74) is 0. The first-order chi connectivity index (χ1) is 6.42. The van der Waals surface area contributed by atoms with Crippen LogP contribution in [0.3, 0.4) is 0 Å².